The molecule has 0 radical (unpaired) electrons. The van der Waals surface area contributed by atoms with E-state index < -0.39 is 0 Å². The lowest BCUT2D eigenvalue weighted by molar-refractivity contribution is 0.171. The smallest absolute Gasteiger partial charge is 0.260 e. The number of piperidine rings is 1. The number of aromatic nitrogens is 2. The fourth-order valence-electron chi connectivity index (χ4n) is 3.20. The molecule has 1 aromatic heterocycles. The van der Waals surface area contributed by atoms with Crippen molar-refractivity contribution >= 4 is 16.9 Å². The van der Waals surface area contributed by atoms with Crippen LogP contribution in [0.15, 0.2) is 29.1 Å². The third-order valence-electron chi connectivity index (χ3n) is 4.71. The lowest BCUT2D eigenvalue weighted by Gasteiger charge is -2.38. The molecule has 1 fully saturated rings. The molecule has 118 valence electrons. The highest BCUT2D eigenvalue weighted by atomic mass is 16.1. The summed E-state index contributed by atoms with van der Waals surface area (Å²) in [6.45, 7) is 6.69. The van der Waals surface area contributed by atoms with E-state index in [1.165, 1.54) is 0 Å². The van der Waals surface area contributed by atoms with Crippen molar-refractivity contribution in [1.29, 1.82) is 0 Å². The van der Waals surface area contributed by atoms with Crippen LogP contribution in [-0.4, -0.2) is 47.1 Å². The van der Waals surface area contributed by atoms with E-state index in [0.717, 1.165) is 31.4 Å². The van der Waals surface area contributed by atoms with Crippen molar-refractivity contribution in [2.75, 3.05) is 25.0 Å². The molecule has 1 saturated heterocycles. The van der Waals surface area contributed by atoms with Crippen LogP contribution in [0.25, 0.3) is 10.9 Å². The number of para-hydroxylation sites is 1. The average molecular weight is 300 g/mol. The van der Waals surface area contributed by atoms with Crippen molar-refractivity contribution < 1.29 is 0 Å². The molecule has 1 aromatic carbocycles. The summed E-state index contributed by atoms with van der Waals surface area (Å²) in [7, 11) is 2.03. The number of nitrogens with zero attached hydrogens (tertiary/aromatic N) is 3. The highest BCUT2D eigenvalue weighted by molar-refractivity contribution is 5.78. The molecule has 22 heavy (non-hydrogen) atoms. The maximum absolute atomic E-state index is 12.2. The number of aromatic amines is 1. The highest BCUT2D eigenvalue weighted by Crippen LogP contribution is 2.20. The Kier molecular flexibility index (Phi) is 4.16. The van der Waals surface area contributed by atoms with E-state index in [4.69, 9.17) is 0 Å². The Morgan fingerprint density at radius 3 is 2.64 bits per heavy atom. The Labute approximate surface area is 131 Å². The van der Waals surface area contributed by atoms with Gasteiger partial charge < -0.3 is 9.80 Å². The van der Waals surface area contributed by atoms with Gasteiger partial charge in [-0.25, -0.2) is 4.98 Å². The molecule has 1 aliphatic rings. The van der Waals surface area contributed by atoms with Crippen molar-refractivity contribution in [3.63, 3.8) is 0 Å². The van der Waals surface area contributed by atoms with Crippen LogP contribution in [0.5, 0.6) is 0 Å². The molecule has 0 amide bonds. The SMILES string of the molecule is CC(C)N1CCC(N(C)c2nc3ccccc3c(=O)[nH]2)CC1. The van der Waals surface area contributed by atoms with E-state index in [9.17, 15) is 4.79 Å². The first-order valence-electron chi connectivity index (χ1n) is 8.02. The predicted octanol–water partition coefficient (Wildman–Crippen LogP) is 2.23. The van der Waals surface area contributed by atoms with Crippen molar-refractivity contribution in [2.45, 2.75) is 38.8 Å². The molecular weight excluding hydrogens is 276 g/mol. The van der Waals surface area contributed by atoms with Crippen molar-refractivity contribution in [1.82, 2.24) is 14.9 Å². The normalized spacial score (nSPS) is 17.3. The number of nitrogens with one attached hydrogen (secondary N) is 1. The minimum Gasteiger partial charge on any atom is -0.342 e. The Morgan fingerprint density at radius 2 is 1.95 bits per heavy atom. The third-order valence-corrected chi connectivity index (χ3v) is 4.71. The van der Waals surface area contributed by atoms with Crippen molar-refractivity contribution in [3.05, 3.63) is 34.6 Å². The molecule has 0 unspecified atom stereocenters. The maximum Gasteiger partial charge on any atom is 0.260 e. The highest BCUT2D eigenvalue weighted by Gasteiger charge is 2.25. The molecule has 5 nitrogen and oxygen atoms in total. The first-order chi connectivity index (χ1) is 10.6. The summed E-state index contributed by atoms with van der Waals surface area (Å²) in [6.07, 6.45) is 2.20. The Hall–Kier alpha value is -1.88. The number of fused-ring (bicyclic) bond motifs is 1. The second kappa shape index (κ2) is 6.08. The largest absolute Gasteiger partial charge is 0.342 e. The molecule has 0 atom stereocenters. The van der Waals surface area contributed by atoms with Gasteiger partial charge in [0.25, 0.3) is 5.56 Å². The maximum atomic E-state index is 12.2. The second-order valence-corrected chi connectivity index (χ2v) is 6.38. The standard InChI is InChI=1S/C17H24N4O/c1-12(2)21-10-8-13(9-11-21)20(3)17-18-15-7-5-4-6-14(15)16(22)19-17/h4-7,12-13H,8-11H2,1-3H3,(H,18,19,22). The number of hydrogen-bond acceptors (Lipinski definition) is 4. The number of benzene rings is 1. The van der Waals surface area contributed by atoms with Gasteiger partial charge in [0.05, 0.1) is 10.9 Å². The molecule has 5 heteroatoms. The van der Waals surface area contributed by atoms with Crippen molar-refractivity contribution in [2.24, 2.45) is 0 Å². The number of H-pyrrole nitrogens is 1. The molecule has 0 aliphatic carbocycles. The minimum absolute atomic E-state index is 0.0629. The van der Waals surface area contributed by atoms with Crippen LogP contribution in [-0.2, 0) is 0 Å². The number of hydrogen-bond donors (Lipinski definition) is 1. The zero-order valence-corrected chi connectivity index (χ0v) is 13.5. The monoisotopic (exact) mass is 300 g/mol. The molecule has 1 N–H and O–H groups in total. The van der Waals surface area contributed by atoms with Crippen LogP contribution < -0.4 is 10.5 Å². The zero-order chi connectivity index (χ0) is 15.7. The average Bonchev–Trinajstić information content (AvgIpc) is 2.54. The molecule has 0 bridgehead atoms. The van der Waals surface area contributed by atoms with E-state index in [-0.39, 0.29) is 5.56 Å². The van der Waals surface area contributed by atoms with Gasteiger partial charge in [-0.2, -0.15) is 0 Å². The Bertz CT molecular complexity index is 701. The number of likely N-dealkylation sites (tertiary alicyclic amines) is 1. The van der Waals surface area contributed by atoms with Gasteiger partial charge >= 0.3 is 0 Å². The van der Waals surface area contributed by atoms with E-state index in [0.29, 0.717) is 23.4 Å². The van der Waals surface area contributed by atoms with Crippen LogP contribution in [0.1, 0.15) is 26.7 Å². The van der Waals surface area contributed by atoms with Crippen LogP contribution in [0.4, 0.5) is 5.95 Å². The summed E-state index contributed by atoms with van der Waals surface area (Å²) in [5.41, 5.74) is 0.694. The summed E-state index contributed by atoms with van der Waals surface area (Å²) in [4.78, 5) is 24.4. The predicted molar refractivity (Wildman–Crippen MR) is 90.5 cm³/mol. The molecule has 3 rings (SSSR count). The van der Waals surface area contributed by atoms with Gasteiger partial charge in [-0.15, -0.1) is 0 Å². The quantitative estimate of drug-likeness (QED) is 0.944. The zero-order valence-electron chi connectivity index (χ0n) is 13.5. The van der Waals surface area contributed by atoms with Gasteiger partial charge in [-0.1, -0.05) is 12.1 Å². The first-order valence-corrected chi connectivity index (χ1v) is 8.02. The molecule has 0 spiro atoms. The lowest BCUT2D eigenvalue weighted by atomic mass is 10.0. The lowest BCUT2D eigenvalue weighted by Crippen LogP contribution is -2.46. The van der Waals surface area contributed by atoms with Gasteiger partial charge in [-0.3, -0.25) is 9.78 Å². The summed E-state index contributed by atoms with van der Waals surface area (Å²) < 4.78 is 0. The summed E-state index contributed by atoms with van der Waals surface area (Å²) >= 11 is 0. The van der Waals surface area contributed by atoms with Gasteiger partial charge in [0.2, 0.25) is 5.95 Å². The molecule has 2 heterocycles. The van der Waals surface area contributed by atoms with E-state index in [1.54, 1.807) is 0 Å². The Morgan fingerprint density at radius 1 is 1.27 bits per heavy atom. The van der Waals surface area contributed by atoms with E-state index >= 15 is 0 Å². The molecule has 0 saturated carbocycles. The molecule has 2 aromatic rings. The first kappa shape index (κ1) is 15.0. The van der Waals surface area contributed by atoms with Crippen LogP contribution in [0.2, 0.25) is 0 Å². The van der Waals surface area contributed by atoms with Gasteiger partial charge in [0.15, 0.2) is 0 Å². The fraction of sp³-hybridized carbons (Fsp3) is 0.529. The minimum atomic E-state index is -0.0629. The number of rotatable bonds is 3. The fourth-order valence-corrected chi connectivity index (χ4v) is 3.20. The van der Waals surface area contributed by atoms with Crippen LogP contribution >= 0.6 is 0 Å². The second-order valence-electron chi connectivity index (χ2n) is 6.38. The number of anilines is 1. The van der Waals surface area contributed by atoms with Gasteiger partial charge in [-0.05, 0) is 38.8 Å². The molecule has 1 aliphatic heterocycles. The van der Waals surface area contributed by atoms with Gasteiger partial charge in [0, 0.05) is 32.2 Å². The van der Waals surface area contributed by atoms with E-state index in [2.05, 4.69) is 33.6 Å². The summed E-state index contributed by atoms with van der Waals surface area (Å²) in [5.74, 6) is 0.673. The Balaban J connectivity index is 1.81. The topological polar surface area (TPSA) is 52.2 Å². The van der Waals surface area contributed by atoms with Crippen LogP contribution in [0.3, 0.4) is 0 Å². The summed E-state index contributed by atoms with van der Waals surface area (Å²) in [6, 6.07) is 8.52. The summed E-state index contributed by atoms with van der Waals surface area (Å²) in [5, 5.41) is 0.647. The third kappa shape index (κ3) is 2.86. The molecular formula is C17H24N4O. The van der Waals surface area contributed by atoms with E-state index in [1.807, 2.05) is 31.3 Å². The van der Waals surface area contributed by atoms with Gasteiger partial charge in [0.1, 0.15) is 0 Å². The van der Waals surface area contributed by atoms with Crippen molar-refractivity contribution in [3.8, 4) is 0 Å². The van der Waals surface area contributed by atoms with Crippen LogP contribution in [0, 0.1) is 0 Å².